The lowest BCUT2D eigenvalue weighted by Gasteiger charge is -2.11. The summed E-state index contributed by atoms with van der Waals surface area (Å²) in [5.74, 6) is -0.0939. The number of aromatic hydroxyl groups is 1. The summed E-state index contributed by atoms with van der Waals surface area (Å²) >= 11 is 0. The van der Waals surface area contributed by atoms with Gasteiger partial charge in [0.1, 0.15) is 5.75 Å². The summed E-state index contributed by atoms with van der Waals surface area (Å²) in [6.07, 6.45) is 0.770. The van der Waals surface area contributed by atoms with Crippen molar-refractivity contribution in [3.05, 3.63) is 90.0 Å². The number of hydrogen-bond donors (Lipinski definition) is 2. The van der Waals surface area contributed by atoms with Gasteiger partial charge in [-0.25, -0.2) is 0 Å². The van der Waals surface area contributed by atoms with E-state index in [2.05, 4.69) is 5.32 Å². The molecule has 24 heavy (non-hydrogen) atoms. The lowest BCUT2D eigenvalue weighted by atomic mass is 9.99. The number of rotatable bonds is 5. The summed E-state index contributed by atoms with van der Waals surface area (Å²) in [5.41, 5.74) is 3.42. The molecule has 0 aliphatic carbocycles. The van der Waals surface area contributed by atoms with Crippen molar-refractivity contribution in [2.45, 2.75) is 6.42 Å². The van der Waals surface area contributed by atoms with E-state index in [1.165, 1.54) is 11.6 Å². The Morgan fingerprint density at radius 2 is 1.54 bits per heavy atom. The Bertz CT molecular complexity index is 814. The second-order valence-corrected chi connectivity index (χ2v) is 5.59. The van der Waals surface area contributed by atoms with Crippen LogP contribution >= 0.6 is 0 Å². The fourth-order valence-corrected chi connectivity index (χ4v) is 2.65. The van der Waals surface area contributed by atoms with Crippen molar-refractivity contribution < 1.29 is 9.90 Å². The highest BCUT2D eigenvalue weighted by Gasteiger charge is 2.13. The molecule has 3 aromatic carbocycles. The molecule has 0 fully saturated rings. The normalized spacial score (nSPS) is 10.3. The predicted octanol–water partition coefficient (Wildman–Crippen LogP) is 4.03. The summed E-state index contributed by atoms with van der Waals surface area (Å²) in [6.45, 7) is 0.548. The molecule has 3 heteroatoms. The quantitative estimate of drug-likeness (QED) is 0.746. The van der Waals surface area contributed by atoms with E-state index in [9.17, 15) is 9.90 Å². The van der Waals surface area contributed by atoms with Crippen LogP contribution < -0.4 is 5.32 Å². The van der Waals surface area contributed by atoms with Crippen LogP contribution in [0.4, 0.5) is 0 Å². The maximum Gasteiger partial charge on any atom is 0.252 e. The van der Waals surface area contributed by atoms with Crippen LogP contribution in [0.2, 0.25) is 0 Å². The highest BCUT2D eigenvalue weighted by Crippen LogP contribution is 2.26. The minimum absolute atomic E-state index is 0.0860. The van der Waals surface area contributed by atoms with E-state index in [1.807, 2.05) is 60.7 Å². The Hall–Kier alpha value is -3.07. The van der Waals surface area contributed by atoms with Gasteiger partial charge in [0.2, 0.25) is 0 Å². The molecule has 0 radical (unpaired) electrons. The molecule has 3 nitrogen and oxygen atoms in total. The number of phenols is 1. The molecule has 0 aromatic heterocycles. The van der Waals surface area contributed by atoms with Gasteiger partial charge in [0.25, 0.3) is 5.91 Å². The average Bonchev–Trinajstić information content (AvgIpc) is 2.63. The Labute approximate surface area is 141 Å². The SMILES string of the molecule is O=C(NCCc1ccccc1)c1cc(O)ccc1-c1ccccc1. The van der Waals surface area contributed by atoms with Crippen LogP contribution in [0.5, 0.6) is 5.75 Å². The van der Waals surface area contributed by atoms with Crippen molar-refractivity contribution in [1.82, 2.24) is 5.32 Å². The molecule has 120 valence electrons. The Morgan fingerprint density at radius 1 is 0.875 bits per heavy atom. The molecule has 2 N–H and O–H groups in total. The molecule has 3 rings (SSSR count). The molecule has 0 atom stereocenters. The largest absolute Gasteiger partial charge is 0.508 e. The van der Waals surface area contributed by atoms with E-state index in [4.69, 9.17) is 0 Å². The average molecular weight is 317 g/mol. The van der Waals surface area contributed by atoms with Crippen molar-refractivity contribution in [1.29, 1.82) is 0 Å². The summed E-state index contributed by atoms with van der Waals surface area (Å²) in [5, 5.41) is 12.7. The first-order valence-electron chi connectivity index (χ1n) is 7.94. The van der Waals surface area contributed by atoms with Crippen molar-refractivity contribution in [3.63, 3.8) is 0 Å². The van der Waals surface area contributed by atoms with Gasteiger partial charge in [0, 0.05) is 6.54 Å². The van der Waals surface area contributed by atoms with E-state index < -0.39 is 0 Å². The Morgan fingerprint density at radius 3 is 2.25 bits per heavy atom. The summed E-state index contributed by atoms with van der Waals surface area (Å²) in [4.78, 5) is 12.6. The Kier molecular flexibility index (Phi) is 4.92. The first kappa shape index (κ1) is 15.8. The Balaban J connectivity index is 1.75. The van der Waals surface area contributed by atoms with Gasteiger partial charge < -0.3 is 10.4 Å². The number of nitrogens with one attached hydrogen (secondary N) is 1. The van der Waals surface area contributed by atoms with E-state index in [0.717, 1.165) is 17.5 Å². The van der Waals surface area contributed by atoms with Crippen molar-refractivity contribution in [2.24, 2.45) is 0 Å². The molecular formula is C21H19NO2. The van der Waals surface area contributed by atoms with Crippen LogP contribution in [-0.4, -0.2) is 17.6 Å². The van der Waals surface area contributed by atoms with Crippen molar-refractivity contribution >= 4 is 5.91 Å². The monoisotopic (exact) mass is 317 g/mol. The predicted molar refractivity (Wildman–Crippen MR) is 96.0 cm³/mol. The minimum Gasteiger partial charge on any atom is -0.508 e. The van der Waals surface area contributed by atoms with Crippen molar-refractivity contribution in [3.8, 4) is 16.9 Å². The number of benzene rings is 3. The van der Waals surface area contributed by atoms with Gasteiger partial charge in [-0.05, 0) is 41.3 Å². The molecular weight excluding hydrogens is 298 g/mol. The lowest BCUT2D eigenvalue weighted by Crippen LogP contribution is -2.26. The molecule has 0 saturated carbocycles. The minimum atomic E-state index is -0.180. The molecule has 1 amide bonds. The van der Waals surface area contributed by atoms with E-state index in [0.29, 0.717) is 12.1 Å². The molecule has 3 aromatic rings. The smallest absolute Gasteiger partial charge is 0.252 e. The number of carbonyl (C=O) groups is 1. The van der Waals surface area contributed by atoms with Gasteiger partial charge >= 0.3 is 0 Å². The summed E-state index contributed by atoms with van der Waals surface area (Å²) in [7, 11) is 0. The number of carbonyl (C=O) groups excluding carboxylic acids is 1. The number of amides is 1. The lowest BCUT2D eigenvalue weighted by molar-refractivity contribution is 0.0954. The van der Waals surface area contributed by atoms with Crippen LogP contribution in [0.15, 0.2) is 78.9 Å². The van der Waals surface area contributed by atoms with Crippen LogP contribution in [0, 0.1) is 0 Å². The van der Waals surface area contributed by atoms with E-state index in [1.54, 1.807) is 12.1 Å². The molecule has 0 aliphatic heterocycles. The maximum atomic E-state index is 12.6. The zero-order chi connectivity index (χ0) is 16.8. The second kappa shape index (κ2) is 7.47. The molecule has 0 aliphatic rings. The third kappa shape index (κ3) is 3.82. The highest BCUT2D eigenvalue weighted by molar-refractivity contribution is 6.01. The fourth-order valence-electron chi connectivity index (χ4n) is 2.65. The second-order valence-electron chi connectivity index (χ2n) is 5.59. The molecule has 0 spiro atoms. The van der Waals surface area contributed by atoms with Crippen LogP contribution in [0.25, 0.3) is 11.1 Å². The zero-order valence-electron chi connectivity index (χ0n) is 13.3. The van der Waals surface area contributed by atoms with Gasteiger partial charge in [0.15, 0.2) is 0 Å². The number of hydrogen-bond acceptors (Lipinski definition) is 2. The first-order chi connectivity index (χ1) is 11.7. The van der Waals surface area contributed by atoms with Crippen molar-refractivity contribution in [2.75, 3.05) is 6.54 Å². The third-order valence-electron chi connectivity index (χ3n) is 3.87. The standard InChI is InChI=1S/C21H19NO2/c23-18-11-12-19(17-9-5-2-6-10-17)20(15-18)21(24)22-14-13-16-7-3-1-4-8-16/h1-12,15,23H,13-14H2,(H,22,24). The molecule has 0 unspecified atom stereocenters. The van der Waals surface area contributed by atoms with Crippen LogP contribution in [0.1, 0.15) is 15.9 Å². The van der Waals surface area contributed by atoms with E-state index in [-0.39, 0.29) is 11.7 Å². The van der Waals surface area contributed by atoms with Crippen LogP contribution in [0.3, 0.4) is 0 Å². The van der Waals surface area contributed by atoms with Gasteiger partial charge in [0.05, 0.1) is 5.56 Å². The summed E-state index contributed by atoms with van der Waals surface area (Å²) < 4.78 is 0. The highest BCUT2D eigenvalue weighted by atomic mass is 16.3. The molecule has 0 bridgehead atoms. The van der Waals surface area contributed by atoms with Gasteiger partial charge in [-0.2, -0.15) is 0 Å². The van der Waals surface area contributed by atoms with Crippen LogP contribution in [-0.2, 0) is 6.42 Å². The topological polar surface area (TPSA) is 49.3 Å². The maximum absolute atomic E-state index is 12.6. The van der Waals surface area contributed by atoms with E-state index >= 15 is 0 Å². The molecule has 0 heterocycles. The first-order valence-corrected chi connectivity index (χ1v) is 7.94. The molecule has 0 saturated heterocycles. The van der Waals surface area contributed by atoms with Gasteiger partial charge in [-0.1, -0.05) is 60.7 Å². The van der Waals surface area contributed by atoms with Gasteiger partial charge in [-0.3, -0.25) is 4.79 Å². The fraction of sp³-hybridized carbons (Fsp3) is 0.0952. The van der Waals surface area contributed by atoms with Gasteiger partial charge in [-0.15, -0.1) is 0 Å². The summed E-state index contributed by atoms with van der Waals surface area (Å²) in [6, 6.07) is 24.6. The number of phenolic OH excluding ortho intramolecular Hbond substituents is 1. The third-order valence-corrected chi connectivity index (χ3v) is 3.87. The zero-order valence-corrected chi connectivity index (χ0v) is 13.3.